The molecule has 174 valence electrons. The van der Waals surface area contributed by atoms with E-state index in [9.17, 15) is 13.2 Å². The maximum atomic E-state index is 13.1. The Bertz CT molecular complexity index is 1440. The lowest BCUT2D eigenvalue weighted by atomic mass is 10.1. The predicted octanol–water partition coefficient (Wildman–Crippen LogP) is 4.91. The van der Waals surface area contributed by atoms with Crippen molar-refractivity contribution in [2.45, 2.75) is 18.4 Å². The van der Waals surface area contributed by atoms with Gasteiger partial charge in [-0.1, -0.05) is 48.0 Å². The minimum absolute atomic E-state index is 0.180. The molecule has 34 heavy (non-hydrogen) atoms. The second-order valence-electron chi connectivity index (χ2n) is 7.82. The number of carbonyl (C=O) groups is 1. The van der Waals surface area contributed by atoms with Gasteiger partial charge >= 0.3 is 0 Å². The van der Waals surface area contributed by atoms with Crippen molar-refractivity contribution in [3.63, 3.8) is 0 Å². The summed E-state index contributed by atoms with van der Waals surface area (Å²) in [5, 5.41) is 4.94. The van der Waals surface area contributed by atoms with Gasteiger partial charge in [-0.2, -0.15) is 5.10 Å². The Morgan fingerprint density at radius 2 is 1.76 bits per heavy atom. The van der Waals surface area contributed by atoms with Gasteiger partial charge in [0.2, 0.25) is 0 Å². The molecule has 0 radical (unpaired) electrons. The van der Waals surface area contributed by atoms with Crippen LogP contribution in [0.5, 0.6) is 0 Å². The molecule has 0 unspecified atom stereocenters. The summed E-state index contributed by atoms with van der Waals surface area (Å²) in [7, 11) is -2.01. The number of benzene rings is 3. The Morgan fingerprint density at radius 1 is 1.03 bits per heavy atom. The number of nitrogens with one attached hydrogen (secondary N) is 1. The van der Waals surface area contributed by atoms with Crippen LogP contribution < -0.4 is 4.72 Å². The first-order valence-corrected chi connectivity index (χ1v) is 12.3. The van der Waals surface area contributed by atoms with Crippen LogP contribution in [0, 0.1) is 6.92 Å². The average Bonchev–Trinajstić information content (AvgIpc) is 3.20. The smallest absolute Gasteiger partial charge is 0.261 e. The number of amides is 1. The number of nitrogens with zero attached hydrogens (tertiary/aromatic N) is 3. The number of halogens is 1. The first-order valence-electron chi connectivity index (χ1n) is 10.5. The van der Waals surface area contributed by atoms with Crippen LogP contribution in [0.3, 0.4) is 0 Å². The number of hydrogen-bond acceptors (Lipinski definition) is 4. The van der Waals surface area contributed by atoms with E-state index in [4.69, 9.17) is 11.6 Å². The predicted molar refractivity (Wildman–Crippen MR) is 133 cm³/mol. The Kier molecular flexibility index (Phi) is 6.72. The Labute approximate surface area is 203 Å². The molecule has 0 spiro atoms. The molecule has 1 amide bonds. The van der Waals surface area contributed by atoms with E-state index in [0.29, 0.717) is 28.5 Å². The first-order chi connectivity index (χ1) is 16.2. The van der Waals surface area contributed by atoms with Crippen molar-refractivity contribution in [1.82, 2.24) is 14.7 Å². The van der Waals surface area contributed by atoms with Crippen molar-refractivity contribution >= 4 is 33.2 Å². The van der Waals surface area contributed by atoms with Gasteiger partial charge in [-0.3, -0.25) is 9.52 Å². The maximum Gasteiger partial charge on any atom is 0.261 e. The number of anilines is 1. The van der Waals surface area contributed by atoms with Gasteiger partial charge in [-0.15, -0.1) is 0 Å². The fourth-order valence-electron chi connectivity index (χ4n) is 3.59. The highest BCUT2D eigenvalue weighted by molar-refractivity contribution is 7.92. The molecule has 9 heteroatoms. The summed E-state index contributed by atoms with van der Waals surface area (Å²) in [6, 6.07) is 22.4. The number of carbonyl (C=O) groups excluding carboxylic acids is 1. The van der Waals surface area contributed by atoms with Crippen LogP contribution in [0.15, 0.2) is 90.0 Å². The van der Waals surface area contributed by atoms with Crippen LogP contribution in [0.2, 0.25) is 5.02 Å². The van der Waals surface area contributed by atoms with Crippen molar-refractivity contribution in [1.29, 1.82) is 0 Å². The van der Waals surface area contributed by atoms with Crippen LogP contribution in [0.1, 0.15) is 21.6 Å². The quantitative estimate of drug-likeness (QED) is 0.395. The Balaban J connectivity index is 1.49. The third kappa shape index (κ3) is 5.13. The standard InChI is InChI=1S/C25H23ClN4O3S/c1-18-24(16-27-30(18)22-11-7-9-20(26)15-22)25(31)29(2)17-19-8-6-10-21(14-19)28-34(32,33)23-12-4-3-5-13-23/h3-16,28H,17H2,1-2H3. The van der Waals surface area contributed by atoms with E-state index < -0.39 is 10.0 Å². The van der Waals surface area contributed by atoms with Gasteiger partial charge in [-0.25, -0.2) is 13.1 Å². The molecule has 0 fully saturated rings. The van der Waals surface area contributed by atoms with E-state index in [0.717, 1.165) is 11.3 Å². The molecular weight excluding hydrogens is 472 g/mol. The third-order valence-corrected chi connectivity index (χ3v) is 6.92. The van der Waals surface area contributed by atoms with Crippen LogP contribution in [0.4, 0.5) is 5.69 Å². The molecule has 1 heterocycles. The molecule has 0 aliphatic carbocycles. The van der Waals surface area contributed by atoms with E-state index >= 15 is 0 Å². The molecule has 1 N–H and O–H groups in total. The van der Waals surface area contributed by atoms with Crippen LogP contribution in [0.25, 0.3) is 5.69 Å². The van der Waals surface area contributed by atoms with Gasteiger partial charge < -0.3 is 4.90 Å². The second-order valence-corrected chi connectivity index (χ2v) is 9.93. The minimum atomic E-state index is -3.70. The van der Waals surface area contributed by atoms with Gasteiger partial charge in [0.1, 0.15) is 0 Å². The summed E-state index contributed by atoms with van der Waals surface area (Å²) in [5.41, 5.74) is 3.15. The van der Waals surface area contributed by atoms with E-state index in [1.165, 1.54) is 12.1 Å². The van der Waals surface area contributed by atoms with Crippen molar-refractivity contribution in [2.75, 3.05) is 11.8 Å². The van der Waals surface area contributed by atoms with Crippen LogP contribution in [-0.2, 0) is 16.6 Å². The zero-order chi connectivity index (χ0) is 24.3. The molecule has 0 aliphatic rings. The maximum absolute atomic E-state index is 13.1. The molecular formula is C25H23ClN4O3S. The molecule has 7 nitrogen and oxygen atoms in total. The van der Waals surface area contributed by atoms with Gasteiger partial charge in [0.25, 0.3) is 15.9 Å². The van der Waals surface area contributed by atoms with Crippen LogP contribution >= 0.6 is 11.6 Å². The zero-order valence-electron chi connectivity index (χ0n) is 18.6. The largest absolute Gasteiger partial charge is 0.337 e. The summed E-state index contributed by atoms with van der Waals surface area (Å²) >= 11 is 6.09. The van der Waals surface area contributed by atoms with E-state index in [1.807, 2.05) is 25.1 Å². The summed E-state index contributed by atoms with van der Waals surface area (Å²) < 4.78 is 29.5. The Morgan fingerprint density at radius 3 is 2.50 bits per heavy atom. The molecule has 0 aliphatic heterocycles. The number of rotatable bonds is 7. The van der Waals surface area contributed by atoms with Crippen molar-refractivity contribution in [3.05, 3.63) is 107 Å². The lowest BCUT2D eigenvalue weighted by Gasteiger charge is -2.18. The first kappa shape index (κ1) is 23.5. The van der Waals surface area contributed by atoms with E-state index in [1.54, 1.807) is 71.4 Å². The number of aromatic nitrogens is 2. The molecule has 0 saturated carbocycles. The van der Waals surface area contributed by atoms with Gasteiger partial charge in [0.15, 0.2) is 0 Å². The normalized spacial score (nSPS) is 11.3. The molecule has 4 rings (SSSR count). The zero-order valence-corrected chi connectivity index (χ0v) is 20.2. The monoisotopic (exact) mass is 494 g/mol. The lowest BCUT2D eigenvalue weighted by Crippen LogP contribution is -2.26. The van der Waals surface area contributed by atoms with Gasteiger partial charge in [0.05, 0.1) is 28.0 Å². The topological polar surface area (TPSA) is 84.3 Å². The van der Waals surface area contributed by atoms with E-state index in [2.05, 4.69) is 9.82 Å². The molecule has 3 aromatic carbocycles. The van der Waals surface area contributed by atoms with Crippen molar-refractivity contribution in [3.8, 4) is 5.69 Å². The SMILES string of the molecule is Cc1c(C(=O)N(C)Cc2cccc(NS(=O)(=O)c3ccccc3)c2)cnn1-c1cccc(Cl)c1. The number of hydrogen-bond donors (Lipinski definition) is 1. The molecule has 1 aromatic heterocycles. The number of sulfonamides is 1. The van der Waals surface area contributed by atoms with Gasteiger partial charge in [0, 0.05) is 24.3 Å². The van der Waals surface area contributed by atoms with Crippen molar-refractivity contribution in [2.24, 2.45) is 0 Å². The highest BCUT2D eigenvalue weighted by atomic mass is 35.5. The van der Waals surface area contributed by atoms with Crippen LogP contribution in [-0.4, -0.2) is 36.1 Å². The lowest BCUT2D eigenvalue weighted by molar-refractivity contribution is 0.0784. The highest BCUT2D eigenvalue weighted by Gasteiger charge is 2.20. The minimum Gasteiger partial charge on any atom is -0.337 e. The Hall–Kier alpha value is -3.62. The third-order valence-electron chi connectivity index (χ3n) is 5.29. The summed E-state index contributed by atoms with van der Waals surface area (Å²) in [5.74, 6) is -0.193. The highest BCUT2D eigenvalue weighted by Crippen LogP contribution is 2.21. The molecule has 0 saturated heterocycles. The van der Waals surface area contributed by atoms with E-state index in [-0.39, 0.29) is 10.8 Å². The summed E-state index contributed by atoms with van der Waals surface area (Å²) in [6.07, 6.45) is 1.54. The molecule has 0 bridgehead atoms. The van der Waals surface area contributed by atoms with Crippen molar-refractivity contribution < 1.29 is 13.2 Å². The molecule has 0 atom stereocenters. The average molecular weight is 495 g/mol. The second kappa shape index (κ2) is 9.70. The fraction of sp³-hybridized carbons (Fsp3) is 0.120. The summed E-state index contributed by atoms with van der Waals surface area (Å²) in [6.45, 7) is 2.12. The molecule has 4 aromatic rings. The fourth-order valence-corrected chi connectivity index (χ4v) is 4.84. The van der Waals surface area contributed by atoms with Gasteiger partial charge in [-0.05, 0) is 55.0 Å². The summed E-state index contributed by atoms with van der Waals surface area (Å²) in [4.78, 5) is 14.9.